The molecule has 0 unspecified atom stereocenters. The van der Waals surface area contributed by atoms with Crippen molar-refractivity contribution >= 4 is 12.0 Å². The molecule has 0 aliphatic heterocycles. The van der Waals surface area contributed by atoms with Gasteiger partial charge >= 0.3 is 5.97 Å². The third-order valence-electron chi connectivity index (χ3n) is 1.61. The Morgan fingerprint density at radius 3 is 2.85 bits per heavy atom. The smallest absolute Gasteiger partial charge is 0.328 e. The van der Waals surface area contributed by atoms with Gasteiger partial charge in [-0.1, -0.05) is 0 Å². The van der Waals surface area contributed by atoms with Crippen molar-refractivity contribution in [1.29, 1.82) is 0 Å². The van der Waals surface area contributed by atoms with E-state index in [9.17, 15) is 4.79 Å². The molecule has 0 aromatic carbocycles. The molecular weight excluding hydrogens is 168 g/mol. The summed E-state index contributed by atoms with van der Waals surface area (Å²) in [6, 6.07) is 0.347. The molecule has 1 heterocycles. The molecule has 1 aromatic heterocycles. The van der Waals surface area contributed by atoms with Gasteiger partial charge in [-0.25, -0.2) is 9.78 Å². The second-order valence-corrected chi connectivity index (χ2v) is 3.01. The lowest BCUT2D eigenvalue weighted by Gasteiger charge is -2.03. The van der Waals surface area contributed by atoms with Crippen molar-refractivity contribution in [3.63, 3.8) is 0 Å². The van der Waals surface area contributed by atoms with Crippen LogP contribution in [-0.4, -0.2) is 20.6 Å². The molecule has 4 heteroatoms. The van der Waals surface area contributed by atoms with Gasteiger partial charge in [0.15, 0.2) is 0 Å². The van der Waals surface area contributed by atoms with Crippen molar-refractivity contribution in [2.24, 2.45) is 0 Å². The number of hydrogen-bond acceptors (Lipinski definition) is 2. The molecule has 0 radical (unpaired) electrons. The minimum atomic E-state index is -0.959. The number of hydrogen-bond donors (Lipinski definition) is 1. The van der Waals surface area contributed by atoms with Crippen LogP contribution in [0.2, 0.25) is 0 Å². The molecule has 0 atom stereocenters. The lowest BCUT2D eigenvalue weighted by atomic mass is 10.4. The maximum absolute atomic E-state index is 10.2. The summed E-state index contributed by atoms with van der Waals surface area (Å²) in [7, 11) is 0. The van der Waals surface area contributed by atoms with Gasteiger partial charge in [-0.15, -0.1) is 0 Å². The second-order valence-electron chi connectivity index (χ2n) is 3.01. The highest BCUT2D eigenvalue weighted by atomic mass is 16.4. The Balaban J connectivity index is 2.75. The molecule has 0 spiro atoms. The Morgan fingerprint density at radius 2 is 2.38 bits per heavy atom. The number of aromatic nitrogens is 2. The zero-order valence-corrected chi connectivity index (χ0v) is 7.64. The molecule has 4 nitrogen and oxygen atoms in total. The quantitative estimate of drug-likeness (QED) is 0.718. The Bertz CT molecular complexity index is 326. The van der Waals surface area contributed by atoms with Crippen molar-refractivity contribution in [2.45, 2.75) is 19.9 Å². The summed E-state index contributed by atoms with van der Waals surface area (Å²) in [5.41, 5.74) is 0.663. The van der Waals surface area contributed by atoms with Crippen molar-refractivity contribution in [3.8, 4) is 0 Å². The number of nitrogens with zero attached hydrogens (tertiary/aromatic N) is 2. The zero-order chi connectivity index (χ0) is 9.84. The molecule has 1 N–H and O–H groups in total. The average molecular weight is 180 g/mol. The van der Waals surface area contributed by atoms with Crippen LogP contribution in [0.4, 0.5) is 0 Å². The van der Waals surface area contributed by atoms with E-state index in [1.165, 1.54) is 6.08 Å². The van der Waals surface area contributed by atoms with Gasteiger partial charge in [-0.3, -0.25) is 0 Å². The number of rotatable bonds is 3. The lowest BCUT2D eigenvalue weighted by molar-refractivity contribution is -0.131. The number of carboxylic acid groups (broad SMARTS) is 1. The van der Waals surface area contributed by atoms with E-state index in [1.807, 2.05) is 24.6 Å². The fourth-order valence-corrected chi connectivity index (χ4v) is 0.878. The van der Waals surface area contributed by atoms with E-state index in [4.69, 9.17) is 5.11 Å². The first kappa shape index (κ1) is 9.51. The van der Waals surface area contributed by atoms with Crippen molar-refractivity contribution in [1.82, 2.24) is 9.55 Å². The van der Waals surface area contributed by atoms with Crippen LogP contribution in [0.3, 0.4) is 0 Å². The Labute approximate surface area is 76.5 Å². The van der Waals surface area contributed by atoms with Crippen LogP contribution in [0.15, 0.2) is 18.6 Å². The molecular formula is C9H12N2O2. The highest BCUT2D eigenvalue weighted by Gasteiger charge is 1.98. The molecule has 0 aliphatic rings. The van der Waals surface area contributed by atoms with Gasteiger partial charge in [0.25, 0.3) is 0 Å². The summed E-state index contributed by atoms with van der Waals surface area (Å²) in [5, 5.41) is 8.37. The van der Waals surface area contributed by atoms with Crippen molar-refractivity contribution in [2.75, 3.05) is 0 Å². The zero-order valence-electron chi connectivity index (χ0n) is 7.64. The molecule has 0 fully saturated rings. The second kappa shape index (κ2) is 3.89. The van der Waals surface area contributed by atoms with Crippen LogP contribution in [0.5, 0.6) is 0 Å². The Morgan fingerprint density at radius 1 is 1.69 bits per heavy atom. The van der Waals surface area contributed by atoms with Crippen LogP contribution >= 0.6 is 0 Å². The molecule has 1 rings (SSSR count). The Kier molecular flexibility index (Phi) is 2.84. The van der Waals surface area contributed by atoms with Gasteiger partial charge in [0, 0.05) is 18.3 Å². The minimum absolute atomic E-state index is 0.347. The fraction of sp³-hybridized carbons (Fsp3) is 0.333. The monoisotopic (exact) mass is 180 g/mol. The van der Waals surface area contributed by atoms with Gasteiger partial charge in [-0.2, -0.15) is 0 Å². The van der Waals surface area contributed by atoms with Crippen LogP contribution in [0.25, 0.3) is 6.08 Å². The first-order valence-corrected chi connectivity index (χ1v) is 4.04. The van der Waals surface area contributed by atoms with Gasteiger partial charge in [-0.05, 0) is 19.9 Å². The average Bonchev–Trinajstić information content (AvgIpc) is 2.48. The number of carboxylic acids is 1. The maximum atomic E-state index is 10.2. The summed E-state index contributed by atoms with van der Waals surface area (Å²) in [6.45, 7) is 4.07. The predicted molar refractivity (Wildman–Crippen MR) is 49.3 cm³/mol. The van der Waals surface area contributed by atoms with E-state index < -0.39 is 5.97 Å². The molecule has 0 bridgehead atoms. The largest absolute Gasteiger partial charge is 0.478 e. The third kappa shape index (κ3) is 2.74. The maximum Gasteiger partial charge on any atom is 0.328 e. The van der Waals surface area contributed by atoms with Gasteiger partial charge < -0.3 is 9.67 Å². The normalized spacial score (nSPS) is 11.3. The van der Waals surface area contributed by atoms with Crippen LogP contribution in [-0.2, 0) is 4.79 Å². The van der Waals surface area contributed by atoms with E-state index in [2.05, 4.69) is 4.98 Å². The van der Waals surface area contributed by atoms with Crippen molar-refractivity contribution in [3.05, 3.63) is 24.3 Å². The summed E-state index contributed by atoms with van der Waals surface area (Å²) >= 11 is 0. The molecule has 1 aromatic rings. The SMILES string of the molecule is CC(C)n1cnc(/C=C/C(=O)O)c1. The molecule has 0 amide bonds. The number of aliphatic carboxylic acids is 1. The van der Waals surface area contributed by atoms with Crippen molar-refractivity contribution < 1.29 is 9.90 Å². The first-order chi connectivity index (χ1) is 6.09. The summed E-state index contributed by atoms with van der Waals surface area (Å²) in [5.74, 6) is -0.959. The van der Waals surface area contributed by atoms with E-state index in [0.29, 0.717) is 11.7 Å². The molecule has 70 valence electrons. The minimum Gasteiger partial charge on any atom is -0.478 e. The highest BCUT2D eigenvalue weighted by Crippen LogP contribution is 2.06. The van der Waals surface area contributed by atoms with E-state index in [-0.39, 0.29) is 0 Å². The summed E-state index contributed by atoms with van der Waals surface area (Å²) in [6.07, 6.45) is 6.05. The summed E-state index contributed by atoms with van der Waals surface area (Å²) < 4.78 is 1.92. The first-order valence-electron chi connectivity index (χ1n) is 4.04. The molecule has 13 heavy (non-hydrogen) atoms. The van der Waals surface area contributed by atoms with E-state index in [1.54, 1.807) is 6.33 Å². The third-order valence-corrected chi connectivity index (χ3v) is 1.61. The van der Waals surface area contributed by atoms with Crippen LogP contribution < -0.4 is 0 Å². The van der Waals surface area contributed by atoms with Crippen LogP contribution in [0.1, 0.15) is 25.6 Å². The Hall–Kier alpha value is -1.58. The number of carbonyl (C=O) groups is 1. The number of imidazole rings is 1. The van der Waals surface area contributed by atoms with Gasteiger partial charge in [0.2, 0.25) is 0 Å². The predicted octanol–water partition coefficient (Wildman–Crippen LogP) is 1.56. The lowest BCUT2D eigenvalue weighted by Crippen LogP contribution is -1.95. The fourth-order valence-electron chi connectivity index (χ4n) is 0.878. The summed E-state index contributed by atoms with van der Waals surface area (Å²) in [4.78, 5) is 14.2. The van der Waals surface area contributed by atoms with Gasteiger partial charge in [0.05, 0.1) is 12.0 Å². The van der Waals surface area contributed by atoms with E-state index >= 15 is 0 Å². The molecule has 0 aliphatic carbocycles. The molecule has 0 saturated carbocycles. The topological polar surface area (TPSA) is 55.1 Å². The molecule has 0 saturated heterocycles. The van der Waals surface area contributed by atoms with E-state index in [0.717, 1.165) is 6.08 Å². The highest BCUT2D eigenvalue weighted by molar-refractivity contribution is 5.84. The van der Waals surface area contributed by atoms with Crippen LogP contribution in [0, 0.1) is 0 Å². The standard InChI is InChI=1S/C9H12N2O2/c1-7(2)11-5-8(10-6-11)3-4-9(12)13/h3-7H,1-2H3,(H,12,13)/b4-3+. The van der Waals surface area contributed by atoms with Gasteiger partial charge in [0.1, 0.15) is 0 Å².